The van der Waals surface area contributed by atoms with Crippen LogP contribution in [-0.4, -0.2) is 66.1 Å². The molecule has 1 aliphatic heterocycles. The minimum atomic E-state index is -5.56. The molecule has 3 N–H and O–H groups in total. The molecule has 1 atom stereocenters. The highest BCUT2D eigenvalue weighted by Crippen LogP contribution is 2.40. The van der Waals surface area contributed by atoms with Crippen molar-refractivity contribution in [1.29, 1.82) is 0 Å². The third kappa shape index (κ3) is 8.98. The predicted molar refractivity (Wildman–Crippen MR) is 136 cm³/mol. The van der Waals surface area contributed by atoms with E-state index in [1.54, 1.807) is 6.07 Å². The summed E-state index contributed by atoms with van der Waals surface area (Å²) in [5.74, 6) is 0.473. The van der Waals surface area contributed by atoms with E-state index >= 15 is 0 Å². The Morgan fingerprint density at radius 3 is 2.41 bits per heavy atom. The first kappa shape index (κ1) is 29.9. The molecule has 0 spiro atoms. The van der Waals surface area contributed by atoms with Gasteiger partial charge >= 0.3 is 13.3 Å². The highest BCUT2D eigenvalue weighted by atomic mass is 32.2. The zero-order valence-corrected chi connectivity index (χ0v) is 22.6. The number of thioether (sulfide) groups is 1. The SMILES string of the molecule is Cc1ccc(N[C@H](CCN2CCC(OP(=O)(O)O)CC2)CSc2ccccc2)c(S(=O)(=O)C(F)(F)F)c1. The number of likely N-dealkylation sites (tertiary alicyclic amines) is 1. The fraction of sp³-hybridized carbons (Fsp3) is 0.478. The third-order valence-corrected chi connectivity index (χ3v) is 9.17. The maximum Gasteiger partial charge on any atom is 0.501 e. The number of phosphoric acid groups is 1. The number of phosphoric ester groups is 1. The minimum absolute atomic E-state index is 0.102. The number of hydrogen-bond acceptors (Lipinski definition) is 7. The number of halogens is 3. The molecule has 8 nitrogen and oxygen atoms in total. The summed E-state index contributed by atoms with van der Waals surface area (Å²) in [6.07, 6.45) is 0.841. The van der Waals surface area contributed by atoms with Crippen molar-refractivity contribution in [1.82, 2.24) is 4.90 Å². The van der Waals surface area contributed by atoms with Crippen LogP contribution in [0.25, 0.3) is 0 Å². The molecule has 2 aromatic rings. The summed E-state index contributed by atoms with van der Waals surface area (Å²) < 4.78 is 80.5. The normalized spacial score (nSPS) is 17.0. The molecular weight excluding hydrogens is 552 g/mol. The Kier molecular flexibility index (Phi) is 10.1. The third-order valence-electron chi connectivity index (χ3n) is 5.90. The van der Waals surface area contributed by atoms with Crippen LogP contribution >= 0.6 is 19.6 Å². The number of rotatable bonds is 11. The van der Waals surface area contributed by atoms with Gasteiger partial charge < -0.3 is 20.0 Å². The summed E-state index contributed by atoms with van der Waals surface area (Å²) in [5.41, 5.74) is -5.13. The van der Waals surface area contributed by atoms with Gasteiger partial charge in [-0.2, -0.15) is 13.2 Å². The van der Waals surface area contributed by atoms with Gasteiger partial charge in [-0.15, -0.1) is 11.8 Å². The fourth-order valence-electron chi connectivity index (χ4n) is 4.00. The Morgan fingerprint density at radius 2 is 1.81 bits per heavy atom. The molecule has 2 aromatic carbocycles. The van der Waals surface area contributed by atoms with Crippen LogP contribution in [0.2, 0.25) is 0 Å². The molecule has 0 amide bonds. The lowest BCUT2D eigenvalue weighted by Gasteiger charge is -2.33. The highest BCUT2D eigenvalue weighted by molar-refractivity contribution is 7.99. The van der Waals surface area contributed by atoms with E-state index in [-0.39, 0.29) is 11.7 Å². The number of anilines is 1. The lowest BCUT2D eigenvalue weighted by molar-refractivity contribution is -0.0435. The van der Waals surface area contributed by atoms with Gasteiger partial charge in [0, 0.05) is 36.3 Å². The molecule has 14 heteroatoms. The van der Waals surface area contributed by atoms with Crippen molar-refractivity contribution in [3.05, 3.63) is 54.1 Å². The average Bonchev–Trinajstić information content (AvgIpc) is 2.81. The summed E-state index contributed by atoms with van der Waals surface area (Å²) in [6, 6.07) is 13.0. The average molecular weight is 583 g/mol. The van der Waals surface area contributed by atoms with E-state index < -0.39 is 34.2 Å². The van der Waals surface area contributed by atoms with Crippen LogP contribution in [0.3, 0.4) is 0 Å². The number of piperidine rings is 1. The molecule has 1 heterocycles. The number of aryl methyl sites for hydroxylation is 1. The molecule has 0 bridgehead atoms. The maximum atomic E-state index is 13.4. The lowest BCUT2D eigenvalue weighted by Crippen LogP contribution is -2.39. The number of sulfone groups is 1. The number of hydrogen-bond donors (Lipinski definition) is 3. The van der Waals surface area contributed by atoms with Crippen molar-refractivity contribution in [3.8, 4) is 0 Å². The molecule has 0 unspecified atom stereocenters. The second kappa shape index (κ2) is 12.5. The van der Waals surface area contributed by atoms with Crippen LogP contribution in [0.1, 0.15) is 24.8 Å². The number of nitrogens with one attached hydrogen (secondary N) is 1. The van der Waals surface area contributed by atoms with Crippen molar-refractivity contribution in [3.63, 3.8) is 0 Å². The van der Waals surface area contributed by atoms with Gasteiger partial charge in [0.25, 0.3) is 9.84 Å². The van der Waals surface area contributed by atoms with Gasteiger partial charge in [-0.1, -0.05) is 24.3 Å². The molecule has 206 valence electrons. The van der Waals surface area contributed by atoms with E-state index in [4.69, 9.17) is 14.3 Å². The molecule has 0 radical (unpaired) electrons. The molecule has 0 saturated carbocycles. The molecule has 3 rings (SSSR count). The molecule has 1 fully saturated rings. The maximum absolute atomic E-state index is 13.4. The molecule has 37 heavy (non-hydrogen) atoms. The molecule has 1 saturated heterocycles. The number of alkyl halides is 3. The van der Waals surface area contributed by atoms with Gasteiger partial charge in [-0.05, 0) is 56.0 Å². The van der Waals surface area contributed by atoms with Crippen molar-refractivity contribution in [2.24, 2.45) is 0 Å². The van der Waals surface area contributed by atoms with Gasteiger partial charge in [-0.3, -0.25) is 4.52 Å². The minimum Gasteiger partial charge on any atom is -0.380 e. The van der Waals surface area contributed by atoms with Crippen molar-refractivity contribution in [2.75, 3.05) is 30.7 Å². The zero-order valence-electron chi connectivity index (χ0n) is 20.1. The topological polar surface area (TPSA) is 116 Å². The summed E-state index contributed by atoms with van der Waals surface area (Å²) in [4.78, 5) is 20.3. The Balaban J connectivity index is 1.73. The summed E-state index contributed by atoms with van der Waals surface area (Å²) >= 11 is 1.50. The van der Waals surface area contributed by atoms with Crippen LogP contribution in [0.15, 0.2) is 58.3 Å². The standard InChI is InChI=1S/C23H30F3N2O6PS2/c1-17-7-8-21(22(15-17)37(32,33)23(24,25)26)27-18(16-36-20-5-3-2-4-6-20)9-12-28-13-10-19(11-14-28)34-35(29,30)31/h2-8,15,18-19,27H,9-14,16H2,1H3,(H2,29,30,31)/t18-/m1/s1. The van der Waals surface area contributed by atoms with Gasteiger partial charge in [0.2, 0.25) is 0 Å². The van der Waals surface area contributed by atoms with Crippen LogP contribution in [0, 0.1) is 6.92 Å². The molecule has 0 aliphatic carbocycles. The van der Waals surface area contributed by atoms with Crippen molar-refractivity contribution >= 4 is 35.1 Å². The van der Waals surface area contributed by atoms with E-state index in [2.05, 4.69) is 10.2 Å². The van der Waals surface area contributed by atoms with Crippen LogP contribution in [0.4, 0.5) is 18.9 Å². The first-order valence-corrected chi connectivity index (χ1v) is 15.6. The monoisotopic (exact) mass is 582 g/mol. The van der Waals surface area contributed by atoms with Gasteiger partial charge in [0.05, 0.1) is 16.7 Å². The second-order valence-corrected chi connectivity index (χ2v) is 13.0. The fourth-order valence-corrected chi connectivity index (χ4v) is 6.60. The second-order valence-electron chi connectivity index (χ2n) is 8.84. The summed E-state index contributed by atoms with van der Waals surface area (Å²) in [7, 11) is -10.1. The molecule has 0 aromatic heterocycles. The van der Waals surface area contributed by atoms with E-state index in [1.807, 2.05) is 30.3 Å². The first-order chi connectivity index (χ1) is 17.2. The summed E-state index contributed by atoms with van der Waals surface area (Å²) in [6.45, 7) is 3.17. The Morgan fingerprint density at radius 1 is 1.16 bits per heavy atom. The predicted octanol–water partition coefficient (Wildman–Crippen LogP) is 4.83. The van der Waals surface area contributed by atoms with E-state index in [0.29, 0.717) is 50.2 Å². The van der Waals surface area contributed by atoms with Crippen LogP contribution in [0.5, 0.6) is 0 Å². The van der Waals surface area contributed by atoms with E-state index in [0.717, 1.165) is 11.0 Å². The first-order valence-electron chi connectivity index (χ1n) is 11.6. The van der Waals surface area contributed by atoms with Gasteiger partial charge in [0.15, 0.2) is 0 Å². The smallest absolute Gasteiger partial charge is 0.380 e. The van der Waals surface area contributed by atoms with Crippen molar-refractivity contribution < 1.29 is 40.5 Å². The number of nitrogens with zero attached hydrogens (tertiary/aromatic N) is 1. The lowest BCUT2D eigenvalue weighted by atomic mass is 10.1. The largest absolute Gasteiger partial charge is 0.501 e. The van der Waals surface area contributed by atoms with Crippen LogP contribution in [-0.2, 0) is 18.9 Å². The Bertz CT molecular complexity index is 1190. The quantitative estimate of drug-likeness (QED) is 0.253. The van der Waals surface area contributed by atoms with E-state index in [9.17, 15) is 26.2 Å². The van der Waals surface area contributed by atoms with E-state index in [1.165, 1.54) is 24.8 Å². The van der Waals surface area contributed by atoms with Gasteiger partial charge in [0.1, 0.15) is 0 Å². The molecule has 1 aliphatic rings. The summed E-state index contributed by atoms with van der Waals surface area (Å²) in [5, 5.41) is 3.05. The van der Waals surface area contributed by atoms with Crippen LogP contribution < -0.4 is 5.32 Å². The Labute approximate surface area is 218 Å². The molecular formula is C23H30F3N2O6PS2. The van der Waals surface area contributed by atoms with Gasteiger partial charge in [-0.25, -0.2) is 13.0 Å². The zero-order chi connectivity index (χ0) is 27.3. The highest BCUT2D eigenvalue weighted by Gasteiger charge is 2.48. The Hall–Kier alpha value is -1.60. The number of benzene rings is 2. The van der Waals surface area contributed by atoms with Crippen molar-refractivity contribution in [2.45, 2.75) is 53.6 Å².